The third-order valence-corrected chi connectivity index (χ3v) is 5.35. The maximum Gasteiger partial charge on any atom is 0.573 e. The second kappa shape index (κ2) is 8.69. The van der Waals surface area contributed by atoms with E-state index in [2.05, 4.69) is 10.1 Å². The van der Waals surface area contributed by atoms with Crippen LogP contribution in [-0.4, -0.2) is 34.3 Å². The van der Waals surface area contributed by atoms with Crippen LogP contribution in [0.4, 0.5) is 23.2 Å². The van der Waals surface area contributed by atoms with E-state index in [0.717, 1.165) is 30.0 Å². The molecule has 1 unspecified atom stereocenters. The van der Waals surface area contributed by atoms with Gasteiger partial charge >= 0.3 is 12.3 Å². The van der Waals surface area contributed by atoms with Crippen molar-refractivity contribution in [2.75, 3.05) is 11.1 Å². The molecule has 1 aliphatic heterocycles. The first-order chi connectivity index (χ1) is 14.6. The van der Waals surface area contributed by atoms with Crippen molar-refractivity contribution in [2.24, 2.45) is 0 Å². The molecule has 0 bridgehead atoms. The number of hydrogen-bond donors (Lipinski definition) is 2. The zero-order valence-electron chi connectivity index (χ0n) is 15.4. The Bertz CT molecular complexity index is 1120. The summed E-state index contributed by atoms with van der Waals surface area (Å²) in [5.74, 6) is -3.66. The van der Waals surface area contributed by atoms with Gasteiger partial charge in [-0.25, -0.2) is 9.18 Å². The van der Waals surface area contributed by atoms with E-state index in [1.807, 2.05) is 6.07 Å². The molecule has 0 aliphatic carbocycles. The summed E-state index contributed by atoms with van der Waals surface area (Å²) in [4.78, 5) is 23.8. The fourth-order valence-corrected chi connectivity index (χ4v) is 3.98. The second-order valence-electron chi connectivity index (χ2n) is 6.24. The van der Waals surface area contributed by atoms with Crippen LogP contribution in [0.5, 0.6) is 5.75 Å². The van der Waals surface area contributed by atoms with Crippen LogP contribution < -0.4 is 10.1 Å². The summed E-state index contributed by atoms with van der Waals surface area (Å²) in [6.07, 6.45) is -4.87. The van der Waals surface area contributed by atoms with Crippen molar-refractivity contribution in [1.82, 2.24) is 0 Å². The fourth-order valence-electron chi connectivity index (χ4n) is 2.88. The van der Waals surface area contributed by atoms with Gasteiger partial charge in [-0.1, -0.05) is 18.2 Å². The molecule has 11 heteroatoms. The minimum Gasteiger partial charge on any atom is -0.478 e. The Balaban J connectivity index is 1.84. The van der Waals surface area contributed by atoms with Crippen LogP contribution >= 0.6 is 11.8 Å². The molecule has 0 radical (unpaired) electrons. The molecule has 0 saturated carbocycles. The highest BCUT2D eigenvalue weighted by Gasteiger charge is 2.35. The molecule has 1 atom stereocenters. The summed E-state index contributed by atoms with van der Waals surface area (Å²) >= 11 is 0.972. The molecule has 6 nitrogen and oxygen atoms in total. The molecular formula is C20H12F4N2O4S. The SMILES string of the molecule is N#CC1SCC(C(=O)O)=C1C(=O)Nc1ccc(-c2cccc(OC(F)(F)F)c2)cc1F. The largest absolute Gasteiger partial charge is 0.573 e. The normalized spacial score (nSPS) is 16.0. The van der Waals surface area contributed by atoms with Gasteiger partial charge in [-0.2, -0.15) is 5.26 Å². The van der Waals surface area contributed by atoms with Gasteiger partial charge in [0.1, 0.15) is 16.8 Å². The van der Waals surface area contributed by atoms with Crippen LogP contribution in [0, 0.1) is 17.1 Å². The molecule has 31 heavy (non-hydrogen) atoms. The summed E-state index contributed by atoms with van der Waals surface area (Å²) in [6.45, 7) is 0. The fraction of sp³-hybridized carbons (Fsp3) is 0.150. The summed E-state index contributed by atoms with van der Waals surface area (Å²) in [5.41, 5.74) is -0.290. The molecule has 0 saturated heterocycles. The van der Waals surface area contributed by atoms with Crippen molar-refractivity contribution in [3.05, 3.63) is 59.4 Å². The first-order valence-corrected chi connectivity index (χ1v) is 9.58. The Labute approximate surface area is 177 Å². The summed E-state index contributed by atoms with van der Waals surface area (Å²) < 4.78 is 55.6. The molecule has 0 fully saturated rings. The molecule has 1 heterocycles. The molecule has 1 aliphatic rings. The first-order valence-electron chi connectivity index (χ1n) is 8.53. The second-order valence-corrected chi connectivity index (χ2v) is 7.34. The Morgan fingerprint density at radius 2 is 1.90 bits per heavy atom. The monoisotopic (exact) mass is 452 g/mol. The number of rotatable bonds is 5. The highest BCUT2D eigenvalue weighted by molar-refractivity contribution is 8.00. The van der Waals surface area contributed by atoms with E-state index >= 15 is 0 Å². The third kappa shape index (κ3) is 5.16. The van der Waals surface area contributed by atoms with Crippen LogP contribution in [0.3, 0.4) is 0 Å². The minimum absolute atomic E-state index is 0.0337. The van der Waals surface area contributed by atoms with Gasteiger partial charge in [0.05, 0.1) is 22.9 Å². The third-order valence-electron chi connectivity index (χ3n) is 4.22. The number of ether oxygens (including phenoxy) is 1. The summed E-state index contributed by atoms with van der Waals surface area (Å²) in [5, 5.41) is 19.6. The lowest BCUT2D eigenvalue weighted by Gasteiger charge is -2.12. The van der Waals surface area contributed by atoms with E-state index in [0.29, 0.717) is 0 Å². The highest BCUT2D eigenvalue weighted by Crippen LogP contribution is 2.34. The van der Waals surface area contributed by atoms with E-state index < -0.39 is 35.1 Å². The summed E-state index contributed by atoms with van der Waals surface area (Å²) in [6, 6.07) is 10.3. The number of nitriles is 1. The number of carbonyl (C=O) groups excluding carboxylic acids is 1. The van der Waals surface area contributed by atoms with Crippen molar-refractivity contribution in [3.63, 3.8) is 0 Å². The maximum absolute atomic E-state index is 14.6. The molecule has 0 spiro atoms. The van der Waals surface area contributed by atoms with Crippen LogP contribution in [-0.2, 0) is 9.59 Å². The number of nitrogens with zero attached hydrogens (tertiary/aromatic N) is 1. The smallest absolute Gasteiger partial charge is 0.478 e. The van der Waals surface area contributed by atoms with Gasteiger partial charge in [0.15, 0.2) is 0 Å². The Hall–Kier alpha value is -3.52. The average molecular weight is 452 g/mol. The summed E-state index contributed by atoms with van der Waals surface area (Å²) in [7, 11) is 0. The number of carboxylic acid groups (broad SMARTS) is 1. The number of halogens is 4. The number of carboxylic acids is 1. The lowest BCUT2D eigenvalue weighted by molar-refractivity contribution is -0.274. The Morgan fingerprint density at radius 3 is 2.52 bits per heavy atom. The molecule has 2 N–H and O–H groups in total. The van der Waals surface area contributed by atoms with E-state index in [4.69, 9.17) is 5.26 Å². The van der Waals surface area contributed by atoms with E-state index in [9.17, 15) is 32.3 Å². The maximum atomic E-state index is 14.6. The van der Waals surface area contributed by atoms with Crippen LogP contribution in [0.1, 0.15) is 0 Å². The van der Waals surface area contributed by atoms with Crippen LogP contribution in [0.15, 0.2) is 53.6 Å². The van der Waals surface area contributed by atoms with Crippen molar-refractivity contribution >= 4 is 29.3 Å². The topological polar surface area (TPSA) is 99.4 Å². The van der Waals surface area contributed by atoms with E-state index in [1.165, 1.54) is 24.3 Å². The lowest BCUT2D eigenvalue weighted by atomic mass is 10.0. The molecule has 0 aromatic heterocycles. The average Bonchev–Trinajstić information content (AvgIpc) is 3.13. The lowest BCUT2D eigenvalue weighted by Crippen LogP contribution is -2.22. The van der Waals surface area contributed by atoms with Crippen LogP contribution in [0.25, 0.3) is 11.1 Å². The predicted octanol–water partition coefficient (Wildman–Crippen LogP) is 4.35. The van der Waals surface area contributed by atoms with E-state index in [1.54, 1.807) is 0 Å². The van der Waals surface area contributed by atoms with Gasteiger partial charge in [-0.3, -0.25) is 4.79 Å². The molecular weight excluding hydrogens is 440 g/mol. The van der Waals surface area contributed by atoms with Gasteiger partial charge < -0.3 is 15.2 Å². The molecule has 2 aromatic rings. The van der Waals surface area contributed by atoms with Crippen LogP contribution in [0.2, 0.25) is 0 Å². The van der Waals surface area contributed by atoms with E-state index in [-0.39, 0.29) is 33.7 Å². The Morgan fingerprint density at radius 1 is 1.19 bits per heavy atom. The van der Waals surface area contributed by atoms with Crippen molar-refractivity contribution in [1.29, 1.82) is 5.26 Å². The number of carbonyl (C=O) groups is 2. The van der Waals surface area contributed by atoms with Crippen molar-refractivity contribution in [2.45, 2.75) is 11.6 Å². The van der Waals surface area contributed by atoms with Gasteiger partial charge in [0, 0.05) is 5.75 Å². The Kier molecular flexibility index (Phi) is 6.21. The van der Waals surface area contributed by atoms with Gasteiger partial charge in [0.2, 0.25) is 0 Å². The number of nitrogens with one attached hydrogen (secondary N) is 1. The standard InChI is InChI=1S/C20H12F4N2O4S/c21-14-7-11(10-2-1-3-12(6-10)30-20(22,23)24)4-5-15(14)26-18(27)17-13(19(28)29)9-31-16(17)8-25/h1-7,16H,9H2,(H,26,27)(H,28,29). The number of hydrogen-bond acceptors (Lipinski definition) is 5. The number of anilines is 1. The zero-order chi connectivity index (χ0) is 22.8. The molecule has 1 amide bonds. The van der Waals surface area contributed by atoms with Crippen molar-refractivity contribution in [3.8, 4) is 22.9 Å². The number of amides is 1. The van der Waals surface area contributed by atoms with Gasteiger partial charge in [0.25, 0.3) is 5.91 Å². The quantitative estimate of drug-likeness (QED) is 0.655. The predicted molar refractivity (Wildman–Crippen MR) is 104 cm³/mol. The highest BCUT2D eigenvalue weighted by atomic mass is 32.2. The minimum atomic E-state index is -4.87. The number of aliphatic carboxylic acids is 1. The number of thioether (sulfide) groups is 1. The number of benzene rings is 2. The zero-order valence-corrected chi connectivity index (χ0v) is 16.2. The molecule has 160 valence electrons. The van der Waals surface area contributed by atoms with Crippen molar-refractivity contribution < 1.29 is 37.0 Å². The first kappa shape index (κ1) is 22.2. The van der Waals surface area contributed by atoms with Gasteiger partial charge in [-0.05, 0) is 35.4 Å². The van der Waals surface area contributed by atoms with Gasteiger partial charge in [-0.15, -0.1) is 24.9 Å². The molecule has 2 aromatic carbocycles. The number of alkyl halides is 3. The molecule has 3 rings (SSSR count).